The Balaban J connectivity index is 4.00. The lowest BCUT2D eigenvalue weighted by Crippen LogP contribution is -2.22. The summed E-state index contributed by atoms with van der Waals surface area (Å²) in [6.45, 7) is 5.20. The predicted octanol–water partition coefficient (Wildman–Crippen LogP) is 1.62. The summed E-state index contributed by atoms with van der Waals surface area (Å²) >= 11 is 5.13. The smallest absolute Gasteiger partial charge is 0.332 e. The predicted molar refractivity (Wildman–Crippen MR) is 51.8 cm³/mol. The molecule has 0 atom stereocenters. The normalized spacial score (nSPS) is 11.4. The minimum atomic E-state index is -0.675. The van der Waals surface area contributed by atoms with Crippen molar-refractivity contribution in [3.8, 4) is 0 Å². The van der Waals surface area contributed by atoms with Crippen LogP contribution in [0.25, 0.3) is 0 Å². The van der Waals surface area contributed by atoms with Gasteiger partial charge in [-0.3, -0.25) is 0 Å². The molecule has 0 saturated carbocycles. The largest absolute Gasteiger partial charge is 0.457 e. The summed E-state index contributed by atoms with van der Waals surface area (Å²) in [5.41, 5.74) is -0.572. The molecule has 0 heterocycles. The Hall–Kier alpha value is -1.03. The third-order valence-electron chi connectivity index (χ3n) is 0.959. The highest BCUT2D eigenvalue weighted by Crippen LogP contribution is 2.06. The maximum Gasteiger partial charge on any atom is 0.332 e. The summed E-state index contributed by atoms with van der Waals surface area (Å²) in [7, 11) is 0. The zero-order valence-electron chi connectivity index (χ0n) is 8.37. The molecule has 14 heavy (non-hydrogen) atoms. The second-order valence-electron chi connectivity index (χ2n) is 3.44. The van der Waals surface area contributed by atoms with Crippen LogP contribution < -0.4 is 0 Å². The number of hydrogen-bond donors (Lipinski definition) is 0. The van der Waals surface area contributed by atoms with Gasteiger partial charge in [-0.25, -0.2) is 9.59 Å². The summed E-state index contributed by atoms with van der Waals surface area (Å²) in [5, 5.41) is 0. The fourth-order valence-electron chi connectivity index (χ4n) is 0.574. The molecule has 0 aliphatic heterocycles. The molecular formula is C9H13ClO4. The first-order valence-electron chi connectivity index (χ1n) is 3.99. The van der Waals surface area contributed by atoms with E-state index in [1.165, 1.54) is 0 Å². The molecule has 0 spiro atoms. The first kappa shape index (κ1) is 13.0. The average Bonchev–Trinajstić information content (AvgIpc) is 1.98. The van der Waals surface area contributed by atoms with Crippen LogP contribution in [0.4, 0.5) is 0 Å². The van der Waals surface area contributed by atoms with Crippen molar-refractivity contribution < 1.29 is 19.1 Å². The van der Waals surface area contributed by atoms with E-state index in [1.54, 1.807) is 20.8 Å². The molecule has 4 nitrogen and oxygen atoms in total. The molecule has 0 aliphatic carbocycles. The fourth-order valence-corrected chi connectivity index (χ4v) is 0.681. The van der Waals surface area contributed by atoms with E-state index in [9.17, 15) is 9.59 Å². The molecule has 0 aromatic rings. The number of carbonyl (C=O) groups is 2. The van der Waals surface area contributed by atoms with E-state index in [0.29, 0.717) is 0 Å². The maximum atomic E-state index is 11.0. The van der Waals surface area contributed by atoms with Crippen LogP contribution in [-0.4, -0.2) is 23.6 Å². The Morgan fingerprint density at radius 3 is 2.14 bits per heavy atom. The molecule has 0 aromatic carbocycles. The fraction of sp³-hybridized carbons (Fsp3) is 0.556. The number of esters is 2. The second kappa shape index (κ2) is 5.65. The quantitative estimate of drug-likeness (QED) is 0.412. The van der Waals surface area contributed by atoms with Crippen molar-refractivity contribution >= 4 is 23.5 Å². The maximum absolute atomic E-state index is 11.0. The minimum absolute atomic E-state index is 0.239. The van der Waals surface area contributed by atoms with Gasteiger partial charge in [-0.1, -0.05) is 11.6 Å². The number of carbonyl (C=O) groups excluding carboxylic acids is 2. The number of halogens is 1. The van der Waals surface area contributed by atoms with E-state index >= 15 is 0 Å². The highest BCUT2D eigenvalue weighted by atomic mass is 35.5. The van der Waals surface area contributed by atoms with Gasteiger partial charge in [0.25, 0.3) is 0 Å². The summed E-state index contributed by atoms with van der Waals surface area (Å²) in [6, 6.07) is -0.239. The Labute approximate surface area is 87.8 Å². The SMILES string of the molecule is CC(C)(C)OC(=O)/C=C/C(=O)OCCl. The molecule has 0 unspecified atom stereocenters. The van der Waals surface area contributed by atoms with Gasteiger partial charge in [0, 0.05) is 12.2 Å². The number of ether oxygens (including phenoxy) is 2. The zero-order valence-corrected chi connectivity index (χ0v) is 9.13. The van der Waals surface area contributed by atoms with Gasteiger partial charge in [-0.2, -0.15) is 0 Å². The van der Waals surface area contributed by atoms with E-state index < -0.39 is 17.5 Å². The molecule has 0 fully saturated rings. The summed E-state index contributed by atoms with van der Waals surface area (Å²) in [5.74, 6) is -1.27. The first-order valence-corrected chi connectivity index (χ1v) is 4.52. The van der Waals surface area contributed by atoms with E-state index in [4.69, 9.17) is 16.3 Å². The lowest BCUT2D eigenvalue weighted by molar-refractivity contribution is -0.149. The van der Waals surface area contributed by atoms with Crippen LogP contribution in [0.15, 0.2) is 12.2 Å². The molecule has 0 amide bonds. The van der Waals surface area contributed by atoms with Crippen molar-refractivity contribution in [3.05, 3.63) is 12.2 Å². The molecule has 0 N–H and O–H groups in total. The van der Waals surface area contributed by atoms with E-state index in [0.717, 1.165) is 12.2 Å². The van der Waals surface area contributed by atoms with Crippen molar-refractivity contribution in [2.45, 2.75) is 26.4 Å². The average molecular weight is 221 g/mol. The molecule has 5 heteroatoms. The lowest BCUT2D eigenvalue weighted by Gasteiger charge is -2.17. The van der Waals surface area contributed by atoms with Crippen LogP contribution in [0.1, 0.15) is 20.8 Å². The highest BCUT2D eigenvalue weighted by Gasteiger charge is 2.14. The van der Waals surface area contributed by atoms with Gasteiger partial charge in [0.1, 0.15) is 5.60 Å². The molecular weight excluding hydrogens is 208 g/mol. The number of rotatable bonds is 3. The minimum Gasteiger partial charge on any atom is -0.457 e. The van der Waals surface area contributed by atoms with Crippen molar-refractivity contribution in [1.82, 2.24) is 0 Å². The molecule has 0 radical (unpaired) electrons. The zero-order chi connectivity index (χ0) is 11.2. The second-order valence-corrected chi connectivity index (χ2v) is 3.66. The number of hydrogen-bond acceptors (Lipinski definition) is 4. The standard InChI is InChI=1S/C9H13ClO4/c1-9(2,3)14-8(12)5-4-7(11)13-6-10/h4-5H,6H2,1-3H3/b5-4+. The summed E-state index contributed by atoms with van der Waals surface area (Å²) in [4.78, 5) is 21.7. The summed E-state index contributed by atoms with van der Waals surface area (Å²) in [6.07, 6.45) is 1.97. The molecule has 80 valence electrons. The number of alkyl halides is 1. The summed E-state index contributed by atoms with van der Waals surface area (Å²) < 4.78 is 9.25. The van der Waals surface area contributed by atoms with Gasteiger partial charge in [-0.05, 0) is 20.8 Å². The first-order chi connectivity index (χ1) is 6.35. The topological polar surface area (TPSA) is 52.6 Å². The lowest BCUT2D eigenvalue weighted by atomic mass is 10.2. The van der Waals surface area contributed by atoms with E-state index in [1.807, 2.05) is 0 Å². The van der Waals surface area contributed by atoms with Gasteiger partial charge >= 0.3 is 11.9 Å². The van der Waals surface area contributed by atoms with Crippen LogP contribution in [0, 0.1) is 0 Å². The van der Waals surface area contributed by atoms with Gasteiger partial charge in [-0.15, -0.1) is 0 Å². The highest BCUT2D eigenvalue weighted by molar-refractivity contribution is 6.17. The molecule has 0 rings (SSSR count). The Bertz CT molecular complexity index is 240. The van der Waals surface area contributed by atoms with Crippen LogP contribution >= 0.6 is 11.6 Å². The monoisotopic (exact) mass is 220 g/mol. The molecule has 0 saturated heterocycles. The van der Waals surface area contributed by atoms with Gasteiger partial charge < -0.3 is 9.47 Å². The third-order valence-corrected chi connectivity index (χ3v) is 1.07. The van der Waals surface area contributed by atoms with Crippen LogP contribution in [-0.2, 0) is 19.1 Å². The Kier molecular flexibility index (Phi) is 5.23. The van der Waals surface area contributed by atoms with E-state index in [-0.39, 0.29) is 6.07 Å². The van der Waals surface area contributed by atoms with Crippen LogP contribution in [0.2, 0.25) is 0 Å². The van der Waals surface area contributed by atoms with Gasteiger partial charge in [0.2, 0.25) is 0 Å². The molecule has 0 aliphatic rings. The van der Waals surface area contributed by atoms with Gasteiger partial charge in [0.15, 0.2) is 6.07 Å². The molecule has 0 bridgehead atoms. The van der Waals surface area contributed by atoms with Crippen molar-refractivity contribution in [2.24, 2.45) is 0 Å². The van der Waals surface area contributed by atoms with Crippen molar-refractivity contribution in [2.75, 3.05) is 6.07 Å². The van der Waals surface area contributed by atoms with Crippen LogP contribution in [0.3, 0.4) is 0 Å². The third kappa shape index (κ3) is 7.61. The van der Waals surface area contributed by atoms with Crippen molar-refractivity contribution in [1.29, 1.82) is 0 Å². The van der Waals surface area contributed by atoms with E-state index in [2.05, 4.69) is 4.74 Å². The van der Waals surface area contributed by atoms with Crippen LogP contribution in [0.5, 0.6) is 0 Å². The molecule has 0 aromatic heterocycles. The van der Waals surface area contributed by atoms with Crippen molar-refractivity contribution in [3.63, 3.8) is 0 Å². The Morgan fingerprint density at radius 2 is 1.71 bits per heavy atom. The Morgan fingerprint density at radius 1 is 1.21 bits per heavy atom. The van der Waals surface area contributed by atoms with Gasteiger partial charge in [0.05, 0.1) is 0 Å².